The molecule has 0 amide bonds. The molecule has 2 N–H and O–H groups in total. The standard InChI is InChI=1S/C15H12BrF2N3/c1-2-8-5-9(16)3-4-12(8)21-13-7-10(17)6-11(18)14(13)20-15(21)19/h3-7H,2H2,1H3,(H2,19,20). The monoisotopic (exact) mass is 351 g/mol. The van der Waals surface area contributed by atoms with Crippen molar-refractivity contribution in [2.45, 2.75) is 13.3 Å². The fraction of sp³-hybridized carbons (Fsp3) is 0.133. The Bertz CT molecular complexity index is 843. The SMILES string of the molecule is CCc1cc(Br)ccc1-n1c(N)nc2c(F)cc(F)cc21. The van der Waals surface area contributed by atoms with Crippen LogP contribution in [0.15, 0.2) is 34.8 Å². The van der Waals surface area contributed by atoms with E-state index in [4.69, 9.17) is 5.73 Å². The molecule has 0 aliphatic carbocycles. The molecule has 21 heavy (non-hydrogen) atoms. The van der Waals surface area contributed by atoms with Crippen LogP contribution < -0.4 is 5.73 Å². The van der Waals surface area contributed by atoms with E-state index in [2.05, 4.69) is 20.9 Å². The number of rotatable bonds is 2. The van der Waals surface area contributed by atoms with Gasteiger partial charge in [0.1, 0.15) is 11.3 Å². The molecule has 6 heteroatoms. The summed E-state index contributed by atoms with van der Waals surface area (Å²) in [5, 5.41) is 0. The van der Waals surface area contributed by atoms with E-state index in [9.17, 15) is 8.78 Å². The molecule has 3 aromatic rings. The number of nitrogens with zero attached hydrogens (tertiary/aromatic N) is 2. The highest BCUT2D eigenvalue weighted by Gasteiger charge is 2.16. The van der Waals surface area contributed by atoms with Crippen LogP contribution in [0.4, 0.5) is 14.7 Å². The van der Waals surface area contributed by atoms with Gasteiger partial charge in [0.15, 0.2) is 5.82 Å². The maximum atomic E-state index is 13.8. The number of aromatic nitrogens is 2. The molecule has 1 aromatic heterocycles. The van der Waals surface area contributed by atoms with Crippen molar-refractivity contribution < 1.29 is 8.78 Å². The molecule has 0 aliphatic heterocycles. The molecule has 0 aliphatic rings. The summed E-state index contributed by atoms with van der Waals surface area (Å²) in [6.07, 6.45) is 0.756. The molecule has 0 fully saturated rings. The van der Waals surface area contributed by atoms with Gasteiger partial charge in [-0.25, -0.2) is 13.8 Å². The number of anilines is 1. The van der Waals surface area contributed by atoms with Gasteiger partial charge in [-0.05, 0) is 30.2 Å². The smallest absolute Gasteiger partial charge is 0.206 e. The summed E-state index contributed by atoms with van der Waals surface area (Å²) < 4.78 is 29.9. The van der Waals surface area contributed by atoms with Crippen molar-refractivity contribution in [3.63, 3.8) is 0 Å². The molecule has 2 aromatic carbocycles. The number of hydrogen-bond acceptors (Lipinski definition) is 2. The predicted molar refractivity (Wildman–Crippen MR) is 82.5 cm³/mol. The normalized spacial score (nSPS) is 11.2. The molecular weight excluding hydrogens is 340 g/mol. The van der Waals surface area contributed by atoms with E-state index in [0.717, 1.165) is 28.2 Å². The fourth-order valence-corrected chi connectivity index (χ4v) is 2.84. The fourth-order valence-electron chi connectivity index (χ4n) is 2.43. The molecule has 3 nitrogen and oxygen atoms in total. The van der Waals surface area contributed by atoms with Crippen molar-refractivity contribution in [3.05, 3.63) is 52.0 Å². The minimum atomic E-state index is -0.717. The van der Waals surface area contributed by atoms with Crippen LogP contribution in [0, 0.1) is 11.6 Å². The van der Waals surface area contributed by atoms with E-state index < -0.39 is 11.6 Å². The van der Waals surface area contributed by atoms with E-state index >= 15 is 0 Å². The largest absolute Gasteiger partial charge is 0.369 e. The Morgan fingerprint density at radius 3 is 2.71 bits per heavy atom. The third-order valence-corrected chi connectivity index (χ3v) is 3.86. The summed E-state index contributed by atoms with van der Waals surface area (Å²) in [4.78, 5) is 4.02. The van der Waals surface area contributed by atoms with E-state index in [1.54, 1.807) is 4.57 Å². The molecule has 0 atom stereocenters. The van der Waals surface area contributed by atoms with Gasteiger partial charge in [0.2, 0.25) is 5.95 Å². The van der Waals surface area contributed by atoms with Gasteiger partial charge in [0, 0.05) is 16.6 Å². The number of fused-ring (bicyclic) bond motifs is 1. The molecule has 0 unspecified atom stereocenters. The van der Waals surface area contributed by atoms with Crippen molar-refractivity contribution in [2.75, 3.05) is 5.73 Å². The second-order valence-electron chi connectivity index (χ2n) is 4.69. The molecule has 1 heterocycles. The van der Waals surface area contributed by atoms with Gasteiger partial charge in [0.25, 0.3) is 0 Å². The predicted octanol–water partition coefficient (Wildman–Crippen LogP) is 4.21. The molecule has 0 saturated carbocycles. The van der Waals surface area contributed by atoms with Gasteiger partial charge >= 0.3 is 0 Å². The lowest BCUT2D eigenvalue weighted by molar-refractivity contribution is 0.590. The van der Waals surface area contributed by atoms with Crippen LogP contribution in [0.1, 0.15) is 12.5 Å². The van der Waals surface area contributed by atoms with Crippen LogP contribution >= 0.6 is 15.9 Å². The average molecular weight is 352 g/mol. The third-order valence-electron chi connectivity index (χ3n) is 3.37. The summed E-state index contributed by atoms with van der Waals surface area (Å²) >= 11 is 3.42. The molecule has 0 bridgehead atoms. The quantitative estimate of drug-likeness (QED) is 0.751. The van der Waals surface area contributed by atoms with E-state index in [0.29, 0.717) is 5.52 Å². The number of nitrogens with two attached hydrogens (primary N) is 1. The minimum Gasteiger partial charge on any atom is -0.369 e. The van der Waals surface area contributed by atoms with Crippen molar-refractivity contribution in [1.29, 1.82) is 0 Å². The van der Waals surface area contributed by atoms with Crippen LogP contribution in [-0.2, 0) is 6.42 Å². The van der Waals surface area contributed by atoms with Gasteiger partial charge in [-0.2, -0.15) is 0 Å². The van der Waals surface area contributed by atoms with Crippen LogP contribution in [0.2, 0.25) is 0 Å². The van der Waals surface area contributed by atoms with Crippen molar-refractivity contribution in [3.8, 4) is 5.69 Å². The highest BCUT2D eigenvalue weighted by Crippen LogP contribution is 2.29. The first kappa shape index (κ1) is 14.0. The lowest BCUT2D eigenvalue weighted by Gasteiger charge is -2.12. The topological polar surface area (TPSA) is 43.8 Å². The number of aryl methyl sites for hydroxylation is 1. The summed E-state index contributed by atoms with van der Waals surface area (Å²) in [7, 11) is 0. The van der Waals surface area contributed by atoms with Crippen LogP contribution in [0.25, 0.3) is 16.7 Å². The maximum absolute atomic E-state index is 13.8. The van der Waals surface area contributed by atoms with Gasteiger partial charge in [-0.3, -0.25) is 4.57 Å². The van der Waals surface area contributed by atoms with Crippen LogP contribution in [0.5, 0.6) is 0 Å². The Kier molecular flexibility index (Phi) is 3.41. The molecule has 108 valence electrons. The highest BCUT2D eigenvalue weighted by molar-refractivity contribution is 9.10. The summed E-state index contributed by atoms with van der Waals surface area (Å²) in [6.45, 7) is 2.00. The first-order valence-corrected chi connectivity index (χ1v) is 7.22. The lowest BCUT2D eigenvalue weighted by Crippen LogP contribution is -2.04. The highest BCUT2D eigenvalue weighted by atomic mass is 79.9. The van der Waals surface area contributed by atoms with Gasteiger partial charge in [-0.1, -0.05) is 22.9 Å². The number of halogens is 3. The zero-order chi connectivity index (χ0) is 15.1. The zero-order valence-corrected chi connectivity index (χ0v) is 12.8. The van der Waals surface area contributed by atoms with E-state index in [1.165, 1.54) is 6.07 Å². The second-order valence-corrected chi connectivity index (χ2v) is 5.60. The maximum Gasteiger partial charge on any atom is 0.206 e. The van der Waals surface area contributed by atoms with Gasteiger partial charge in [0.05, 0.1) is 11.2 Å². The minimum absolute atomic E-state index is 0.0684. The summed E-state index contributed by atoms with van der Waals surface area (Å²) in [6, 6.07) is 7.71. The molecule has 0 saturated heterocycles. The van der Waals surface area contributed by atoms with Crippen molar-refractivity contribution in [2.24, 2.45) is 0 Å². The van der Waals surface area contributed by atoms with E-state index in [-0.39, 0.29) is 11.5 Å². The Balaban J connectivity index is 2.37. The average Bonchev–Trinajstić information content (AvgIpc) is 2.75. The van der Waals surface area contributed by atoms with Crippen LogP contribution in [0.3, 0.4) is 0 Å². The van der Waals surface area contributed by atoms with E-state index in [1.807, 2.05) is 25.1 Å². The summed E-state index contributed by atoms with van der Waals surface area (Å²) in [5.74, 6) is -1.24. The second kappa shape index (κ2) is 5.11. The number of nitrogen functional groups attached to an aromatic ring is 1. The summed E-state index contributed by atoms with van der Waals surface area (Å²) in [5.41, 5.74) is 8.08. The number of hydrogen-bond donors (Lipinski definition) is 1. The van der Waals surface area contributed by atoms with Crippen LogP contribution in [-0.4, -0.2) is 9.55 Å². The Morgan fingerprint density at radius 2 is 2.00 bits per heavy atom. The third kappa shape index (κ3) is 2.29. The molecule has 3 rings (SSSR count). The van der Waals surface area contributed by atoms with Crippen molar-refractivity contribution >= 4 is 32.9 Å². The Morgan fingerprint density at radius 1 is 1.24 bits per heavy atom. The first-order valence-electron chi connectivity index (χ1n) is 6.43. The zero-order valence-electron chi connectivity index (χ0n) is 11.2. The first-order chi connectivity index (χ1) is 10.0. The molecule has 0 radical (unpaired) electrons. The number of benzene rings is 2. The molecule has 0 spiro atoms. The Labute approximate surface area is 128 Å². The lowest BCUT2D eigenvalue weighted by atomic mass is 10.1. The van der Waals surface area contributed by atoms with Crippen molar-refractivity contribution in [1.82, 2.24) is 9.55 Å². The number of imidazole rings is 1. The van der Waals surface area contributed by atoms with Gasteiger partial charge < -0.3 is 5.73 Å². The Hall–Kier alpha value is -1.95. The molecular formula is C15H12BrF2N3. The van der Waals surface area contributed by atoms with Gasteiger partial charge in [-0.15, -0.1) is 0 Å².